The quantitative estimate of drug-likeness (QED) is 0.177. The van der Waals surface area contributed by atoms with Crippen LogP contribution in [0.15, 0.2) is 41.7 Å². The Labute approximate surface area is 207 Å². The lowest BCUT2D eigenvalue weighted by Crippen LogP contribution is -2.16. The van der Waals surface area contributed by atoms with Crippen LogP contribution in [0.5, 0.6) is 0 Å². The van der Waals surface area contributed by atoms with Gasteiger partial charge >= 0.3 is 0 Å². The zero-order valence-corrected chi connectivity index (χ0v) is 22.2. The molecule has 6 nitrogen and oxygen atoms in total. The van der Waals surface area contributed by atoms with Crippen molar-refractivity contribution in [3.63, 3.8) is 0 Å². The van der Waals surface area contributed by atoms with Gasteiger partial charge < -0.3 is 15.4 Å². The summed E-state index contributed by atoms with van der Waals surface area (Å²) < 4.78 is 5.85. The van der Waals surface area contributed by atoms with E-state index in [0.717, 1.165) is 52.0 Å². The van der Waals surface area contributed by atoms with Crippen LogP contribution in [0.4, 0.5) is 11.4 Å². The zero-order valence-electron chi connectivity index (χ0n) is 22.2. The Morgan fingerprint density at radius 1 is 0.676 bits per heavy atom. The van der Waals surface area contributed by atoms with Crippen LogP contribution >= 0.6 is 0 Å². The first-order valence-electron chi connectivity index (χ1n) is 12.9. The van der Waals surface area contributed by atoms with Crippen molar-refractivity contribution in [1.82, 2.24) is 5.01 Å². The number of rotatable bonds is 15. The first kappa shape index (κ1) is 29.4. The summed E-state index contributed by atoms with van der Waals surface area (Å²) in [5.74, 6) is 0. The molecule has 0 fully saturated rings. The van der Waals surface area contributed by atoms with E-state index in [1.54, 1.807) is 0 Å². The minimum absolute atomic E-state index is 0.708. The molecule has 0 spiro atoms. The highest BCUT2D eigenvalue weighted by molar-refractivity contribution is 5.58. The topological polar surface area (TPSA) is 66.0 Å². The van der Waals surface area contributed by atoms with Crippen molar-refractivity contribution in [2.75, 3.05) is 50.0 Å². The Bertz CT molecular complexity index is 718. The summed E-state index contributed by atoms with van der Waals surface area (Å²) in [6.45, 7) is 17.2. The average Bonchev–Trinajstić information content (AvgIpc) is 2.89. The van der Waals surface area contributed by atoms with Gasteiger partial charge in [-0.15, -0.1) is 4.91 Å². The van der Waals surface area contributed by atoms with E-state index >= 15 is 0 Å². The predicted octanol–water partition coefficient (Wildman–Crippen LogP) is 6.49. The maximum atomic E-state index is 9.64. The van der Waals surface area contributed by atoms with Gasteiger partial charge in [-0.1, -0.05) is 64.1 Å². The largest absolute Gasteiger partial charge is 0.382 e. The SMILES string of the molecule is CCN(CC)N=O.CCc1cccc(CC)c1NCCOCCNc1c(CC)cccc1CC. The van der Waals surface area contributed by atoms with Gasteiger partial charge in [0.2, 0.25) is 0 Å². The molecule has 2 N–H and O–H groups in total. The maximum absolute atomic E-state index is 9.64. The number of hydrogen-bond acceptors (Lipinski definition) is 5. The Balaban J connectivity index is 0.000000718. The molecule has 190 valence electrons. The second-order valence-electron chi connectivity index (χ2n) is 8.00. The van der Waals surface area contributed by atoms with Gasteiger partial charge in [-0.3, -0.25) is 5.01 Å². The third-order valence-electron chi connectivity index (χ3n) is 5.94. The molecule has 6 heteroatoms. The molecule has 0 saturated carbocycles. The number of aryl methyl sites for hydroxylation is 4. The summed E-state index contributed by atoms with van der Waals surface area (Å²) in [6, 6.07) is 13.2. The second-order valence-corrected chi connectivity index (χ2v) is 8.00. The van der Waals surface area contributed by atoms with Crippen molar-refractivity contribution in [3.05, 3.63) is 63.6 Å². The minimum Gasteiger partial charge on any atom is -0.382 e. The maximum Gasteiger partial charge on any atom is 0.0639 e. The smallest absolute Gasteiger partial charge is 0.0639 e. The van der Waals surface area contributed by atoms with Gasteiger partial charge in [-0.05, 0) is 61.8 Å². The lowest BCUT2D eigenvalue weighted by Gasteiger charge is -2.17. The lowest BCUT2D eigenvalue weighted by molar-refractivity contribution is 0.154. The van der Waals surface area contributed by atoms with Crippen LogP contribution in [0.25, 0.3) is 0 Å². The monoisotopic (exact) mass is 470 g/mol. The molecule has 0 amide bonds. The number of nitrogens with one attached hydrogen (secondary N) is 2. The molecule has 0 bridgehead atoms. The summed E-state index contributed by atoms with van der Waals surface area (Å²) in [6.07, 6.45) is 4.21. The first-order valence-corrected chi connectivity index (χ1v) is 12.9. The van der Waals surface area contributed by atoms with Crippen LogP contribution in [-0.2, 0) is 30.4 Å². The number of anilines is 2. The van der Waals surface area contributed by atoms with E-state index in [2.05, 4.69) is 80.0 Å². The molecule has 2 aromatic carbocycles. The highest BCUT2D eigenvalue weighted by atomic mass is 16.5. The van der Waals surface area contributed by atoms with Crippen LogP contribution in [-0.4, -0.2) is 44.4 Å². The molecule has 2 rings (SSSR count). The molecule has 0 aliphatic carbocycles. The summed E-state index contributed by atoms with van der Waals surface area (Å²) in [5.41, 5.74) is 8.15. The molecule has 0 aliphatic heterocycles. The number of nitroso groups, excluding NO2 is 1. The molecular formula is C28H46N4O2. The molecule has 0 saturated heterocycles. The Morgan fingerprint density at radius 3 is 1.26 bits per heavy atom. The Hall–Kier alpha value is -2.60. The minimum atomic E-state index is 0.708. The normalized spacial score (nSPS) is 10.3. The number of nitrogens with zero attached hydrogens (tertiary/aromatic N) is 2. The van der Waals surface area contributed by atoms with E-state index in [0.29, 0.717) is 13.1 Å². The fraction of sp³-hybridized carbons (Fsp3) is 0.571. The van der Waals surface area contributed by atoms with Crippen molar-refractivity contribution < 1.29 is 4.74 Å². The highest BCUT2D eigenvalue weighted by Gasteiger charge is 2.06. The molecular weight excluding hydrogens is 424 g/mol. The van der Waals surface area contributed by atoms with Crippen molar-refractivity contribution >= 4 is 11.4 Å². The second kappa shape index (κ2) is 17.8. The Morgan fingerprint density at radius 2 is 1.03 bits per heavy atom. The molecule has 0 unspecified atom stereocenters. The van der Waals surface area contributed by atoms with Crippen molar-refractivity contribution in [3.8, 4) is 0 Å². The standard InChI is InChI=1S/C24H36N2O.C4H10N2O/c1-5-19-11-9-12-20(6-2)23(19)25-15-17-27-18-16-26-24-21(7-3)13-10-14-22(24)8-4;1-3-6(4-2)5-7/h9-14,25-26H,5-8,15-18H2,1-4H3;3-4H2,1-2H3. The summed E-state index contributed by atoms with van der Waals surface area (Å²) in [7, 11) is 0. The van der Waals surface area contributed by atoms with Crippen molar-refractivity contribution in [2.45, 2.75) is 67.2 Å². The summed E-state index contributed by atoms with van der Waals surface area (Å²) in [4.78, 5) is 9.64. The van der Waals surface area contributed by atoms with Crippen LogP contribution in [0.3, 0.4) is 0 Å². The zero-order chi connectivity index (χ0) is 25.2. The van der Waals surface area contributed by atoms with Crippen LogP contribution < -0.4 is 10.6 Å². The van der Waals surface area contributed by atoms with Crippen molar-refractivity contribution in [2.24, 2.45) is 5.29 Å². The van der Waals surface area contributed by atoms with Gasteiger partial charge in [0.15, 0.2) is 0 Å². The van der Waals surface area contributed by atoms with E-state index in [1.807, 2.05) is 13.8 Å². The van der Waals surface area contributed by atoms with E-state index in [1.165, 1.54) is 38.6 Å². The molecule has 0 heterocycles. The van der Waals surface area contributed by atoms with E-state index in [9.17, 15) is 4.91 Å². The number of hydrogen-bond donors (Lipinski definition) is 2. The third-order valence-corrected chi connectivity index (χ3v) is 5.94. The molecule has 0 aromatic heterocycles. The number of para-hydroxylation sites is 2. The van der Waals surface area contributed by atoms with E-state index in [-0.39, 0.29) is 0 Å². The highest BCUT2D eigenvalue weighted by Crippen LogP contribution is 2.23. The fourth-order valence-corrected chi connectivity index (χ4v) is 3.88. The summed E-state index contributed by atoms with van der Waals surface area (Å²) in [5, 5.41) is 11.3. The van der Waals surface area contributed by atoms with Gasteiger partial charge in [0.25, 0.3) is 0 Å². The van der Waals surface area contributed by atoms with E-state index in [4.69, 9.17) is 4.74 Å². The lowest BCUT2D eigenvalue weighted by atomic mass is 10.0. The van der Waals surface area contributed by atoms with Crippen LogP contribution in [0.2, 0.25) is 0 Å². The number of benzene rings is 2. The Kier molecular flexibility index (Phi) is 15.4. The van der Waals surface area contributed by atoms with E-state index < -0.39 is 0 Å². The first-order chi connectivity index (χ1) is 16.6. The van der Waals surface area contributed by atoms with Gasteiger partial charge in [-0.25, -0.2) is 0 Å². The van der Waals surface area contributed by atoms with Gasteiger partial charge in [0.05, 0.1) is 18.5 Å². The van der Waals surface area contributed by atoms with Crippen LogP contribution in [0, 0.1) is 4.91 Å². The molecule has 34 heavy (non-hydrogen) atoms. The van der Waals surface area contributed by atoms with Gasteiger partial charge in [-0.2, -0.15) is 0 Å². The molecule has 0 atom stereocenters. The van der Waals surface area contributed by atoms with Gasteiger partial charge in [0.1, 0.15) is 0 Å². The molecule has 2 aromatic rings. The predicted molar refractivity (Wildman–Crippen MR) is 147 cm³/mol. The summed E-state index contributed by atoms with van der Waals surface area (Å²) >= 11 is 0. The molecule has 0 radical (unpaired) electrons. The average molecular weight is 471 g/mol. The fourth-order valence-electron chi connectivity index (χ4n) is 3.88. The third kappa shape index (κ3) is 9.72. The molecule has 0 aliphatic rings. The van der Waals surface area contributed by atoms with Crippen molar-refractivity contribution in [1.29, 1.82) is 0 Å². The number of ether oxygens (including phenoxy) is 1. The van der Waals surface area contributed by atoms with Gasteiger partial charge in [0, 0.05) is 37.6 Å². The van der Waals surface area contributed by atoms with Crippen LogP contribution in [0.1, 0.15) is 63.8 Å².